The lowest BCUT2D eigenvalue weighted by atomic mass is 10.1. The molecule has 1 heterocycles. The Morgan fingerprint density at radius 2 is 2.14 bits per heavy atom. The maximum atomic E-state index is 11.5. The monoisotopic (exact) mass is 206 g/mol. The summed E-state index contributed by atoms with van der Waals surface area (Å²) in [7, 11) is 0. The predicted molar refractivity (Wildman–Crippen MR) is 59.1 cm³/mol. The quantitative estimate of drug-likeness (QED) is 0.702. The van der Waals surface area contributed by atoms with Gasteiger partial charge in [0.2, 0.25) is 0 Å². The van der Waals surface area contributed by atoms with Crippen LogP contribution < -0.4 is 5.56 Å². The van der Waals surface area contributed by atoms with Crippen molar-refractivity contribution in [2.24, 2.45) is 0 Å². The summed E-state index contributed by atoms with van der Waals surface area (Å²) in [5.74, 6) is 0. The van der Waals surface area contributed by atoms with Crippen LogP contribution in [-0.4, -0.2) is 9.97 Å². The molecule has 1 aromatic carbocycles. The van der Waals surface area contributed by atoms with Gasteiger partial charge in [-0.25, -0.2) is 0 Å². The standard InChI is InChI=1S/C10H10N2OS/c1-2-6-4-3-5-7-8(6)11-10(14)12-9(7)13/h3-5H,2H2,1H3,(H2,11,12,13,14). The third-order valence-corrected chi connectivity index (χ3v) is 2.45. The minimum absolute atomic E-state index is 0.126. The van der Waals surface area contributed by atoms with Gasteiger partial charge in [0.15, 0.2) is 4.77 Å². The van der Waals surface area contributed by atoms with E-state index in [1.165, 1.54) is 0 Å². The minimum atomic E-state index is -0.126. The van der Waals surface area contributed by atoms with Crippen molar-refractivity contribution in [2.45, 2.75) is 13.3 Å². The zero-order valence-electron chi connectivity index (χ0n) is 7.76. The van der Waals surface area contributed by atoms with Crippen LogP contribution >= 0.6 is 12.2 Å². The normalized spacial score (nSPS) is 10.6. The third-order valence-electron chi connectivity index (χ3n) is 2.24. The number of rotatable bonds is 1. The average molecular weight is 206 g/mol. The molecule has 2 N–H and O–H groups in total. The molecule has 0 unspecified atom stereocenters. The number of fused-ring (bicyclic) bond motifs is 1. The summed E-state index contributed by atoms with van der Waals surface area (Å²) in [6, 6.07) is 5.67. The summed E-state index contributed by atoms with van der Waals surface area (Å²) in [6.07, 6.45) is 0.881. The van der Waals surface area contributed by atoms with Crippen molar-refractivity contribution in [3.05, 3.63) is 38.9 Å². The minimum Gasteiger partial charge on any atom is -0.331 e. The summed E-state index contributed by atoms with van der Waals surface area (Å²) in [4.78, 5) is 17.1. The number of para-hydroxylation sites is 1. The van der Waals surface area contributed by atoms with Gasteiger partial charge in [0.05, 0.1) is 10.9 Å². The first-order valence-electron chi connectivity index (χ1n) is 4.46. The van der Waals surface area contributed by atoms with Gasteiger partial charge in [0.25, 0.3) is 5.56 Å². The maximum absolute atomic E-state index is 11.5. The van der Waals surface area contributed by atoms with Gasteiger partial charge in [-0.15, -0.1) is 0 Å². The highest BCUT2D eigenvalue weighted by atomic mass is 32.1. The highest BCUT2D eigenvalue weighted by molar-refractivity contribution is 7.71. The summed E-state index contributed by atoms with van der Waals surface area (Å²) >= 11 is 4.92. The summed E-state index contributed by atoms with van der Waals surface area (Å²) in [6.45, 7) is 2.05. The van der Waals surface area contributed by atoms with E-state index in [1.807, 2.05) is 19.1 Å². The lowest BCUT2D eigenvalue weighted by molar-refractivity contribution is 1.10. The van der Waals surface area contributed by atoms with E-state index in [-0.39, 0.29) is 5.56 Å². The van der Waals surface area contributed by atoms with E-state index in [2.05, 4.69) is 9.97 Å². The van der Waals surface area contributed by atoms with E-state index in [0.29, 0.717) is 10.2 Å². The fourth-order valence-corrected chi connectivity index (χ4v) is 1.74. The molecular weight excluding hydrogens is 196 g/mol. The van der Waals surface area contributed by atoms with Crippen LogP contribution in [0.2, 0.25) is 0 Å². The number of H-pyrrole nitrogens is 2. The fraction of sp³-hybridized carbons (Fsp3) is 0.200. The topological polar surface area (TPSA) is 48.6 Å². The molecule has 2 aromatic rings. The van der Waals surface area contributed by atoms with E-state index in [4.69, 9.17) is 12.2 Å². The van der Waals surface area contributed by atoms with Gasteiger partial charge in [0.1, 0.15) is 0 Å². The molecule has 14 heavy (non-hydrogen) atoms. The van der Waals surface area contributed by atoms with Gasteiger partial charge >= 0.3 is 0 Å². The van der Waals surface area contributed by atoms with E-state index >= 15 is 0 Å². The number of aromatic amines is 2. The summed E-state index contributed by atoms with van der Waals surface area (Å²) in [5.41, 5.74) is 1.84. The lowest BCUT2D eigenvalue weighted by Gasteiger charge is -2.02. The van der Waals surface area contributed by atoms with Crippen LogP contribution in [0.1, 0.15) is 12.5 Å². The Balaban J connectivity index is 3.01. The van der Waals surface area contributed by atoms with Crippen molar-refractivity contribution in [2.75, 3.05) is 0 Å². The van der Waals surface area contributed by atoms with E-state index in [9.17, 15) is 4.79 Å². The van der Waals surface area contributed by atoms with Gasteiger partial charge < -0.3 is 4.98 Å². The molecule has 0 atom stereocenters. The van der Waals surface area contributed by atoms with Crippen molar-refractivity contribution < 1.29 is 0 Å². The van der Waals surface area contributed by atoms with Gasteiger partial charge in [-0.3, -0.25) is 9.78 Å². The molecule has 0 aliphatic rings. The van der Waals surface area contributed by atoms with E-state index in [1.54, 1.807) is 6.07 Å². The Kier molecular flexibility index (Phi) is 2.21. The Morgan fingerprint density at radius 1 is 1.36 bits per heavy atom. The number of benzene rings is 1. The average Bonchev–Trinajstić information content (AvgIpc) is 2.17. The maximum Gasteiger partial charge on any atom is 0.259 e. The van der Waals surface area contributed by atoms with Crippen LogP contribution in [0.15, 0.2) is 23.0 Å². The molecule has 1 aromatic heterocycles. The molecular formula is C10H10N2OS. The first-order valence-corrected chi connectivity index (χ1v) is 4.87. The second kappa shape index (κ2) is 3.38. The molecule has 4 heteroatoms. The summed E-state index contributed by atoms with van der Waals surface area (Å²) < 4.78 is 0.378. The summed E-state index contributed by atoms with van der Waals surface area (Å²) in [5, 5.41) is 0.665. The van der Waals surface area contributed by atoms with Gasteiger partial charge in [-0.2, -0.15) is 0 Å². The zero-order valence-corrected chi connectivity index (χ0v) is 8.57. The fourth-order valence-electron chi connectivity index (χ4n) is 1.55. The van der Waals surface area contributed by atoms with Crippen LogP contribution in [0.5, 0.6) is 0 Å². The number of nitrogens with one attached hydrogen (secondary N) is 2. The SMILES string of the molecule is CCc1cccc2c(=O)[nH]c(=S)[nH]c12. The highest BCUT2D eigenvalue weighted by Gasteiger charge is 2.02. The van der Waals surface area contributed by atoms with Crippen molar-refractivity contribution in [3.8, 4) is 0 Å². The van der Waals surface area contributed by atoms with Crippen molar-refractivity contribution in [1.29, 1.82) is 0 Å². The number of aryl methyl sites for hydroxylation is 1. The van der Waals surface area contributed by atoms with Gasteiger partial charge in [-0.05, 0) is 30.3 Å². The predicted octanol–water partition coefficient (Wildman–Crippen LogP) is 2.15. The largest absolute Gasteiger partial charge is 0.331 e. The highest BCUT2D eigenvalue weighted by Crippen LogP contribution is 2.12. The molecule has 0 radical (unpaired) electrons. The molecule has 0 saturated carbocycles. The van der Waals surface area contributed by atoms with Crippen LogP contribution in [0.3, 0.4) is 0 Å². The molecule has 0 saturated heterocycles. The molecule has 3 nitrogen and oxygen atoms in total. The van der Waals surface area contributed by atoms with Crippen LogP contribution in [0.4, 0.5) is 0 Å². The van der Waals surface area contributed by atoms with Crippen LogP contribution in [-0.2, 0) is 6.42 Å². The van der Waals surface area contributed by atoms with Crippen molar-refractivity contribution in [1.82, 2.24) is 9.97 Å². The number of hydrogen-bond acceptors (Lipinski definition) is 2. The third kappa shape index (κ3) is 1.37. The molecule has 0 bridgehead atoms. The lowest BCUT2D eigenvalue weighted by Crippen LogP contribution is -2.08. The second-order valence-corrected chi connectivity index (χ2v) is 3.51. The molecule has 0 fully saturated rings. The number of hydrogen-bond donors (Lipinski definition) is 2. The van der Waals surface area contributed by atoms with E-state index < -0.39 is 0 Å². The molecule has 0 amide bonds. The smallest absolute Gasteiger partial charge is 0.259 e. The first kappa shape index (κ1) is 9.15. The first-order chi connectivity index (χ1) is 6.72. The Morgan fingerprint density at radius 3 is 2.86 bits per heavy atom. The molecule has 0 aliphatic heterocycles. The number of aromatic nitrogens is 2. The molecule has 0 spiro atoms. The molecule has 2 rings (SSSR count). The van der Waals surface area contributed by atoms with Gasteiger partial charge in [0, 0.05) is 0 Å². The van der Waals surface area contributed by atoms with Crippen molar-refractivity contribution in [3.63, 3.8) is 0 Å². The van der Waals surface area contributed by atoms with E-state index in [0.717, 1.165) is 17.5 Å². The molecule has 72 valence electrons. The zero-order chi connectivity index (χ0) is 10.1. The Bertz CT molecular complexity index is 582. The van der Waals surface area contributed by atoms with Crippen LogP contribution in [0, 0.1) is 4.77 Å². The second-order valence-electron chi connectivity index (χ2n) is 3.10. The van der Waals surface area contributed by atoms with Crippen molar-refractivity contribution >= 4 is 23.1 Å². The van der Waals surface area contributed by atoms with Gasteiger partial charge in [-0.1, -0.05) is 19.1 Å². The van der Waals surface area contributed by atoms with Crippen LogP contribution in [0.25, 0.3) is 10.9 Å². The molecule has 0 aliphatic carbocycles. The Labute approximate surface area is 85.8 Å². The Hall–Kier alpha value is -1.42.